The van der Waals surface area contributed by atoms with Crippen molar-refractivity contribution in [3.63, 3.8) is 0 Å². The molecule has 0 bridgehead atoms. The van der Waals surface area contributed by atoms with E-state index in [1.54, 1.807) is 24.3 Å². The van der Waals surface area contributed by atoms with Gasteiger partial charge in [-0.25, -0.2) is 0 Å². The Labute approximate surface area is 232 Å². The van der Waals surface area contributed by atoms with Crippen molar-refractivity contribution >= 4 is 17.8 Å². The zero-order chi connectivity index (χ0) is 29.5. The molecule has 0 atom stereocenters. The highest BCUT2D eigenvalue weighted by molar-refractivity contribution is 5.94. The fraction of sp³-hybridized carbons (Fsp3) is 0.500. The first-order valence-electron chi connectivity index (χ1n) is 13.4. The van der Waals surface area contributed by atoms with Crippen LogP contribution in [0, 0.1) is 11.3 Å². The Bertz CT molecular complexity index is 1150. The normalized spacial score (nSPS) is 17.6. The van der Waals surface area contributed by atoms with Gasteiger partial charge in [0.2, 0.25) is 5.91 Å². The van der Waals surface area contributed by atoms with Crippen LogP contribution in [-0.2, 0) is 22.6 Å². The molecule has 0 spiro atoms. The van der Waals surface area contributed by atoms with Gasteiger partial charge in [0.05, 0.1) is 12.8 Å². The number of alkyl halides is 3. The lowest BCUT2D eigenvalue weighted by Gasteiger charge is -2.41. The maximum absolute atomic E-state index is 13.6. The number of carboxylic acids is 1. The van der Waals surface area contributed by atoms with Crippen LogP contribution in [0.5, 0.6) is 5.75 Å². The van der Waals surface area contributed by atoms with Crippen molar-refractivity contribution in [1.82, 2.24) is 10.2 Å². The molecule has 2 amide bonds. The topological polar surface area (TPSA) is 95.9 Å². The van der Waals surface area contributed by atoms with Gasteiger partial charge in [0.25, 0.3) is 5.91 Å². The molecule has 1 aliphatic carbocycles. The van der Waals surface area contributed by atoms with Gasteiger partial charge in [-0.1, -0.05) is 45.0 Å². The molecule has 10 heteroatoms. The molecule has 2 aromatic carbocycles. The number of hydrogen-bond donors (Lipinski definition) is 2. The maximum Gasteiger partial charge on any atom is 0.573 e. The largest absolute Gasteiger partial charge is 0.573 e. The first-order valence-corrected chi connectivity index (χ1v) is 13.4. The molecule has 1 aliphatic rings. The van der Waals surface area contributed by atoms with Crippen LogP contribution in [0.2, 0.25) is 0 Å². The number of aliphatic carboxylic acids is 1. The first-order chi connectivity index (χ1) is 18.7. The average Bonchev–Trinajstić information content (AvgIpc) is 2.87. The molecule has 2 N–H and O–H groups in total. The van der Waals surface area contributed by atoms with Gasteiger partial charge < -0.3 is 20.1 Å². The number of carboxylic acid groups (broad SMARTS) is 1. The number of nitrogens with zero attached hydrogens (tertiary/aromatic N) is 1. The zero-order valence-electron chi connectivity index (χ0n) is 23.1. The maximum atomic E-state index is 13.6. The van der Waals surface area contributed by atoms with E-state index in [9.17, 15) is 27.6 Å². The van der Waals surface area contributed by atoms with Crippen LogP contribution >= 0.6 is 0 Å². The number of ether oxygens (including phenoxy) is 1. The number of amides is 2. The predicted molar refractivity (Wildman–Crippen MR) is 144 cm³/mol. The van der Waals surface area contributed by atoms with Gasteiger partial charge in [-0.15, -0.1) is 13.2 Å². The second-order valence-electron chi connectivity index (χ2n) is 11.4. The molecule has 0 saturated heterocycles. The van der Waals surface area contributed by atoms with E-state index in [1.165, 1.54) is 24.3 Å². The standard InChI is InChI=1S/C30H37F3N2O5/c1-29(2,3)23-10-12-24(13-11-23)35(26(36)18-20-6-14-25(15-7-20)40-30(31,32)33)19-21-4-8-22(9-5-21)28(39)34-17-16-27(37)38/h4-9,14-15,23-24H,10-13,16-19H2,1-3H3,(H,34,39)(H,37,38). The first kappa shape index (κ1) is 31.0. The molecule has 0 radical (unpaired) electrons. The van der Waals surface area contributed by atoms with Gasteiger partial charge in [-0.2, -0.15) is 0 Å². The monoisotopic (exact) mass is 562 g/mol. The minimum atomic E-state index is -4.78. The molecule has 7 nitrogen and oxygen atoms in total. The highest BCUT2D eigenvalue weighted by atomic mass is 19.4. The Morgan fingerprint density at radius 3 is 2.02 bits per heavy atom. The summed E-state index contributed by atoms with van der Waals surface area (Å²) >= 11 is 0. The molecule has 1 fully saturated rings. The van der Waals surface area contributed by atoms with Crippen LogP contribution in [0.25, 0.3) is 0 Å². The van der Waals surface area contributed by atoms with Gasteiger partial charge >= 0.3 is 12.3 Å². The second-order valence-corrected chi connectivity index (χ2v) is 11.4. The fourth-order valence-electron chi connectivity index (χ4n) is 5.10. The van der Waals surface area contributed by atoms with Crippen molar-refractivity contribution in [2.45, 2.75) is 78.2 Å². The van der Waals surface area contributed by atoms with E-state index < -0.39 is 12.3 Å². The van der Waals surface area contributed by atoms with E-state index in [2.05, 4.69) is 30.8 Å². The predicted octanol–water partition coefficient (Wildman–Crippen LogP) is 5.97. The summed E-state index contributed by atoms with van der Waals surface area (Å²) in [5, 5.41) is 11.3. The number of carbonyl (C=O) groups excluding carboxylic acids is 2. The van der Waals surface area contributed by atoms with Gasteiger partial charge in [-0.05, 0) is 72.4 Å². The van der Waals surface area contributed by atoms with Crippen molar-refractivity contribution < 1.29 is 37.4 Å². The molecule has 0 heterocycles. The number of hydrogen-bond acceptors (Lipinski definition) is 4. The molecule has 218 valence electrons. The van der Waals surface area contributed by atoms with E-state index in [1.807, 2.05) is 4.90 Å². The SMILES string of the molecule is CC(C)(C)C1CCC(N(Cc2ccc(C(=O)NCCC(=O)O)cc2)C(=O)Cc2ccc(OC(F)(F)F)cc2)CC1. The third kappa shape index (κ3) is 9.57. The van der Waals surface area contributed by atoms with E-state index >= 15 is 0 Å². The third-order valence-electron chi connectivity index (χ3n) is 7.39. The summed E-state index contributed by atoms with van der Waals surface area (Å²) in [5.74, 6) is -1.28. The number of carbonyl (C=O) groups is 3. The van der Waals surface area contributed by atoms with E-state index in [4.69, 9.17) is 5.11 Å². The Kier molecular flexibility index (Phi) is 10.2. The van der Waals surface area contributed by atoms with Crippen LogP contribution in [0.1, 0.15) is 74.4 Å². The third-order valence-corrected chi connectivity index (χ3v) is 7.39. The van der Waals surface area contributed by atoms with Crippen molar-refractivity contribution in [3.8, 4) is 5.75 Å². The lowest BCUT2D eigenvalue weighted by molar-refractivity contribution is -0.274. The smallest absolute Gasteiger partial charge is 0.481 e. The Balaban J connectivity index is 1.72. The summed E-state index contributed by atoms with van der Waals surface area (Å²) in [4.78, 5) is 38.4. The van der Waals surface area contributed by atoms with Crippen molar-refractivity contribution in [2.24, 2.45) is 11.3 Å². The zero-order valence-corrected chi connectivity index (χ0v) is 23.1. The average molecular weight is 563 g/mol. The van der Waals surface area contributed by atoms with Crippen LogP contribution in [0.15, 0.2) is 48.5 Å². The number of benzene rings is 2. The minimum Gasteiger partial charge on any atom is -0.481 e. The number of halogens is 3. The summed E-state index contributed by atoms with van der Waals surface area (Å²) in [6.45, 7) is 7.05. The van der Waals surface area contributed by atoms with Crippen molar-refractivity contribution in [2.75, 3.05) is 6.54 Å². The van der Waals surface area contributed by atoms with Crippen LogP contribution in [-0.4, -0.2) is 46.7 Å². The Morgan fingerprint density at radius 1 is 0.925 bits per heavy atom. The van der Waals surface area contributed by atoms with Gasteiger partial charge in [0, 0.05) is 24.7 Å². The van der Waals surface area contributed by atoms with Crippen molar-refractivity contribution in [3.05, 3.63) is 65.2 Å². The fourth-order valence-corrected chi connectivity index (χ4v) is 5.10. The summed E-state index contributed by atoms with van der Waals surface area (Å²) in [7, 11) is 0. The molecule has 0 aliphatic heterocycles. The Hall–Kier alpha value is -3.56. The van der Waals surface area contributed by atoms with Crippen LogP contribution in [0.3, 0.4) is 0 Å². The molecule has 0 aromatic heterocycles. The molecule has 0 unspecified atom stereocenters. The summed E-state index contributed by atoms with van der Waals surface area (Å²) in [5.41, 5.74) is 1.99. The lowest BCUT2D eigenvalue weighted by Crippen LogP contribution is -2.43. The van der Waals surface area contributed by atoms with Gasteiger partial charge in [-0.3, -0.25) is 14.4 Å². The van der Waals surface area contributed by atoms with Gasteiger partial charge in [0.1, 0.15) is 5.75 Å². The molecule has 2 aromatic rings. The molecule has 3 rings (SSSR count). The number of rotatable bonds is 10. The molecule has 1 saturated carbocycles. The summed E-state index contributed by atoms with van der Waals surface area (Å²) in [6, 6.07) is 12.2. The van der Waals surface area contributed by atoms with Crippen LogP contribution < -0.4 is 10.1 Å². The summed E-state index contributed by atoms with van der Waals surface area (Å²) < 4.78 is 41.4. The quantitative estimate of drug-likeness (QED) is 0.372. The molecule has 40 heavy (non-hydrogen) atoms. The van der Waals surface area contributed by atoms with E-state index in [0.29, 0.717) is 23.6 Å². The summed E-state index contributed by atoms with van der Waals surface area (Å²) in [6.07, 6.45) is -1.21. The highest BCUT2D eigenvalue weighted by Gasteiger charge is 2.34. The number of nitrogens with one attached hydrogen (secondary N) is 1. The van der Waals surface area contributed by atoms with Gasteiger partial charge in [0.15, 0.2) is 0 Å². The van der Waals surface area contributed by atoms with Crippen molar-refractivity contribution in [1.29, 1.82) is 0 Å². The molecular formula is C30H37F3N2O5. The molecular weight excluding hydrogens is 525 g/mol. The second kappa shape index (κ2) is 13.2. The highest BCUT2D eigenvalue weighted by Crippen LogP contribution is 2.39. The van der Waals surface area contributed by atoms with E-state index in [-0.39, 0.29) is 48.4 Å². The minimum absolute atomic E-state index is 0.0259. The van der Waals surface area contributed by atoms with E-state index in [0.717, 1.165) is 31.2 Å². The Morgan fingerprint density at radius 2 is 1.50 bits per heavy atom. The van der Waals surface area contributed by atoms with Crippen LogP contribution in [0.4, 0.5) is 13.2 Å². The lowest BCUT2D eigenvalue weighted by atomic mass is 9.71.